The highest BCUT2D eigenvalue weighted by Gasteiger charge is 2.49. The van der Waals surface area contributed by atoms with Crippen molar-refractivity contribution in [2.24, 2.45) is 0 Å². The third-order valence-corrected chi connectivity index (χ3v) is 5.38. The molecule has 5 nitrogen and oxygen atoms in total. The van der Waals surface area contributed by atoms with Crippen molar-refractivity contribution in [3.05, 3.63) is 89.2 Å². The van der Waals surface area contributed by atoms with Crippen molar-refractivity contribution >= 4 is 5.91 Å². The first kappa shape index (κ1) is 17.5. The summed E-state index contributed by atoms with van der Waals surface area (Å²) in [5, 5.41) is 13.7. The van der Waals surface area contributed by atoms with Gasteiger partial charge in [0.05, 0.1) is 17.3 Å². The van der Waals surface area contributed by atoms with E-state index in [-0.39, 0.29) is 23.5 Å². The molecule has 1 amide bonds. The Labute approximate surface area is 159 Å². The molecule has 1 saturated heterocycles. The van der Waals surface area contributed by atoms with E-state index in [1.807, 2.05) is 19.1 Å². The van der Waals surface area contributed by atoms with E-state index < -0.39 is 0 Å². The summed E-state index contributed by atoms with van der Waals surface area (Å²) in [7, 11) is 0. The summed E-state index contributed by atoms with van der Waals surface area (Å²) in [6.45, 7) is 4.02. The monoisotopic (exact) mass is 360 g/mol. The van der Waals surface area contributed by atoms with Crippen LogP contribution in [0.5, 0.6) is 0 Å². The first-order valence-corrected chi connectivity index (χ1v) is 9.29. The molecule has 138 valence electrons. The lowest BCUT2D eigenvalue weighted by molar-refractivity contribution is 0.0915. The number of nitrogens with one attached hydrogen (secondary N) is 3. The van der Waals surface area contributed by atoms with Gasteiger partial charge in [-0.05, 0) is 37.5 Å². The number of aryl methyl sites for hydroxylation is 1. The van der Waals surface area contributed by atoms with Crippen LogP contribution in [0.1, 0.15) is 40.7 Å². The standard InChI is InChI=1S/C22H24N4O/c1-15-13-19(26-25-15)20(27)24-21-22(14-16(2)23-21,17-9-5-3-6-10-17)18-11-7-4-8-12-18/h3-13,16,21,23H,14H2,1-2H3,(H,24,27)(H,25,26). The second kappa shape index (κ2) is 7.00. The SMILES string of the molecule is Cc1cc(C(=O)NC2NC(C)CC2(c2ccccc2)c2ccccc2)[nH]n1. The summed E-state index contributed by atoms with van der Waals surface area (Å²) < 4.78 is 0. The molecule has 1 aromatic heterocycles. The van der Waals surface area contributed by atoms with Gasteiger partial charge in [-0.3, -0.25) is 15.2 Å². The van der Waals surface area contributed by atoms with Gasteiger partial charge in [-0.25, -0.2) is 0 Å². The average molecular weight is 360 g/mol. The average Bonchev–Trinajstić information content (AvgIpc) is 3.27. The van der Waals surface area contributed by atoms with Crippen LogP contribution in [0.2, 0.25) is 0 Å². The van der Waals surface area contributed by atoms with Gasteiger partial charge in [0.2, 0.25) is 0 Å². The van der Waals surface area contributed by atoms with Gasteiger partial charge in [-0.2, -0.15) is 5.10 Å². The number of nitrogens with zero attached hydrogens (tertiary/aromatic N) is 1. The van der Waals surface area contributed by atoms with Crippen LogP contribution < -0.4 is 10.6 Å². The van der Waals surface area contributed by atoms with Crippen LogP contribution in [0.25, 0.3) is 0 Å². The number of hydrogen-bond acceptors (Lipinski definition) is 3. The Hall–Kier alpha value is -2.92. The van der Waals surface area contributed by atoms with Crippen molar-refractivity contribution in [1.29, 1.82) is 0 Å². The molecular formula is C22H24N4O. The summed E-state index contributed by atoms with van der Waals surface area (Å²) in [6.07, 6.45) is 0.668. The number of H-pyrrole nitrogens is 1. The summed E-state index contributed by atoms with van der Waals surface area (Å²) in [5.41, 5.74) is 3.32. The highest BCUT2D eigenvalue weighted by Crippen LogP contribution is 2.43. The van der Waals surface area contributed by atoms with Crippen LogP contribution in [0, 0.1) is 6.92 Å². The lowest BCUT2D eigenvalue weighted by atomic mass is 9.71. The van der Waals surface area contributed by atoms with Gasteiger partial charge >= 0.3 is 0 Å². The molecule has 2 atom stereocenters. The van der Waals surface area contributed by atoms with E-state index in [0.29, 0.717) is 5.69 Å². The first-order valence-electron chi connectivity index (χ1n) is 9.29. The molecule has 1 aliphatic heterocycles. The molecule has 0 bridgehead atoms. The number of benzene rings is 2. The number of hydrogen-bond donors (Lipinski definition) is 3. The highest BCUT2D eigenvalue weighted by atomic mass is 16.2. The van der Waals surface area contributed by atoms with Gasteiger partial charge in [0.15, 0.2) is 0 Å². The minimum absolute atomic E-state index is 0.154. The summed E-state index contributed by atoms with van der Waals surface area (Å²) in [4.78, 5) is 12.8. The van der Waals surface area contributed by atoms with Gasteiger partial charge in [-0.15, -0.1) is 0 Å². The van der Waals surface area contributed by atoms with E-state index in [9.17, 15) is 4.79 Å². The first-order chi connectivity index (χ1) is 13.1. The van der Waals surface area contributed by atoms with Gasteiger partial charge in [0.1, 0.15) is 5.69 Å². The molecule has 0 spiro atoms. The normalized spacial score (nSPS) is 21.1. The molecule has 1 fully saturated rings. The third-order valence-electron chi connectivity index (χ3n) is 5.38. The Bertz CT molecular complexity index is 880. The Kier molecular flexibility index (Phi) is 4.54. The van der Waals surface area contributed by atoms with Crippen LogP contribution >= 0.6 is 0 Å². The molecule has 3 N–H and O–H groups in total. The fraction of sp³-hybridized carbons (Fsp3) is 0.273. The molecule has 2 heterocycles. The van der Waals surface area contributed by atoms with Crippen molar-refractivity contribution in [2.75, 3.05) is 0 Å². The maximum atomic E-state index is 12.8. The molecule has 0 radical (unpaired) electrons. The Balaban J connectivity index is 1.77. The third kappa shape index (κ3) is 3.15. The molecular weight excluding hydrogens is 336 g/mol. The Morgan fingerprint density at radius 1 is 1.07 bits per heavy atom. The minimum Gasteiger partial charge on any atom is -0.334 e. The number of aromatic amines is 1. The largest absolute Gasteiger partial charge is 0.334 e. The number of carbonyl (C=O) groups is 1. The van der Waals surface area contributed by atoms with E-state index in [2.05, 4.69) is 76.3 Å². The second-order valence-corrected chi connectivity index (χ2v) is 7.30. The van der Waals surface area contributed by atoms with Crippen molar-refractivity contribution in [2.45, 2.75) is 37.9 Å². The molecule has 0 aliphatic carbocycles. The van der Waals surface area contributed by atoms with Crippen molar-refractivity contribution in [3.8, 4) is 0 Å². The molecule has 27 heavy (non-hydrogen) atoms. The topological polar surface area (TPSA) is 69.8 Å². The number of aromatic nitrogens is 2. The van der Waals surface area contributed by atoms with Crippen LogP contribution in [0.3, 0.4) is 0 Å². The predicted octanol–water partition coefficient (Wildman–Crippen LogP) is 3.14. The molecule has 2 aromatic carbocycles. The van der Waals surface area contributed by atoms with Crippen molar-refractivity contribution in [1.82, 2.24) is 20.8 Å². The van der Waals surface area contributed by atoms with Crippen LogP contribution in [0.15, 0.2) is 66.7 Å². The highest BCUT2D eigenvalue weighted by molar-refractivity contribution is 5.92. The summed E-state index contributed by atoms with van der Waals surface area (Å²) in [5.74, 6) is -0.154. The van der Waals surface area contributed by atoms with Crippen LogP contribution in [0.4, 0.5) is 0 Å². The minimum atomic E-state index is -0.341. The maximum Gasteiger partial charge on any atom is 0.270 e. The fourth-order valence-electron chi connectivity index (χ4n) is 4.21. The van der Waals surface area contributed by atoms with E-state index in [0.717, 1.165) is 12.1 Å². The van der Waals surface area contributed by atoms with E-state index >= 15 is 0 Å². The quantitative estimate of drug-likeness (QED) is 0.669. The van der Waals surface area contributed by atoms with Crippen molar-refractivity contribution in [3.63, 3.8) is 0 Å². The molecule has 1 aliphatic rings. The zero-order valence-electron chi connectivity index (χ0n) is 15.6. The fourth-order valence-corrected chi connectivity index (χ4v) is 4.21. The number of amides is 1. The number of rotatable bonds is 4. The molecule has 0 saturated carbocycles. The smallest absolute Gasteiger partial charge is 0.270 e. The zero-order valence-corrected chi connectivity index (χ0v) is 15.6. The van der Waals surface area contributed by atoms with E-state index in [1.54, 1.807) is 6.07 Å². The van der Waals surface area contributed by atoms with Gasteiger partial charge < -0.3 is 5.32 Å². The zero-order chi connectivity index (χ0) is 18.9. The summed E-state index contributed by atoms with van der Waals surface area (Å²) >= 11 is 0. The van der Waals surface area contributed by atoms with Gasteiger partial charge in [0.25, 0.3) is 5.91 Å². The second-order valence-electron chi connectivity index (χ2n) is 7.30. The van der Waals surface area contributed by atoms with Crippen molar-refractivity contribution < 1.29 is 4.79 Å². The molecule has 4 rings (SSSR count). The van der Waals surface area contributed by atoms with Crippen LogP contribution in [-0.2, 0) is 5.41 Å². The predicted molar refractivity (Wildman–Crippen MR) is 105 cm³/mol. The maximum absolute atomic E-state index is 12.8. The number of carbonyl (C=O) groups excluding carboxylic acids is 1. The Morgan fingerprint density at radius 3 is 2.19 bits per heavy atom. The van der Waals surface area contributed by atoms with E-state index in [4.69, 9.17) is 0 Å². The Morgan fingerprint density at radius 2 is 1.67 bits per heavy atom. The molecule has 5 heteroatoms. The van der Waals surface area contributed by atoms with Gasteiger partial charge in [-0.1, -0.05) is 60.7 Å². The molecule has 2 unspecified atom stereocenters. The summed E-state index contributed by atoms with van der Waals surface area (Å²) in [6, 6.07) is 22.9. The van der Waals surface area contributed by atoms with Gasteiger partial charge in [0, 0.05) is 6.04 Å². The lowest BCUT2D eigenvalue weighted by Crippen LogP contribution is -2.53. The molecule has 3 aromatic rings. The van der Waals surface area contributed by atoms with Crippen LogP contribution in [-0.4, -0.2) is 28.3 Å². The lowest BCUT2D eigenvalue weighted by Gasteiger charge is -2.36. The van der Waals surface area contributed by atoms with E-state index in [1.165, 1.54) is 11.1 Å².